The van der Waals surface area contributed by atoms with Crippen LogP contribution >= 0.6 is 11.6 Å². The number of aliphatic hydroxyl groups excluding tert-OH is 1. The monoisotopic (exact) mass is 255 g/mol. The lowest BCUT2D eigenvalue weighted by atomic mass is 9.91. The molecule has 0 aromatic carbocycles. The van der Waals surface area contributed by atoms with E-state index < -0.39 is 0 Å². The van der Waals surface area contributed by atoms with E-state index in [1.807, 2.05) is 0 Å². The Labute approximate surface area is 107 Å². The van der Waals surface area contributed by atoms with Gasteiger partial charge in [0, 0.05) is 25.1 Å². The molecular formula is C12H18ClN3O. The highest BCUT2D eigenvalue weighted by atomic mass is 35.5. The van der Waals surface area contributed by atoms with Crippen molar-refractivity contribution in [3.05, 3.63) is 17.5 Å². The third-order valence-electron chi connectivity index (χ3n) is 3.30. The molecule has 1 N–H and O–H groups in total. The van der Waals surface area contributed by atoms with Gasteiger partial charge in [-0.3, -0.25) is 0 Å². The Bertz CT molecular complexity index is 375. The Morgan fingerprint density at radius 1 is 1.53 bits per heavy atom. The van der Waals surface area contributed by atoms with E-state index in [1.165, 1.54) is 6.33 Å². The van der Waals surface area contributed by atoms with E-state index in [1.54, 1.807) is 6.07 Å². The number of rotatable bonds is 3. The molecule has 0 saturated carbocycles. The smallest absolute Gasteiger partial charge is 0.134 e. The number of aliphatic hydroxyl groups is 1. The van der Waals surface area contributed by atoms with E-state index in [2.05, 4.69) is 21.8 Å². The third-order valence-corrected chi connectivity index (χ3v) is 3.50. The Hall–Kier alpha value is -0.870. The maximum Gasteiger partial charge on any atom is 0.134 e. The molecule has 17 heavy (non-hydrogen) atoms. The first-order valence-corrected chi connectivity index (χ1v) is 6.49. The topological polar surface area (TPSA) is 49.2 Å². The molecule has 1 aromatic heterocycles. The lowest BCUT2D eigenvalue weighted by Crippen LogP contribution is -2.43. The van der Waals surface area contributed by atoms with Crippen molar-refractivity contribution in [2.45, 2.75) is 32.3 Å². The Kier molecular flexibility index (Phi) is 4.18. The third kappa shape index (κ3) is 3.07. The standard InChI is InChI=1S/C12H18ClN3O/c1-2-3-9-7-16(5-4-10(9)17)12-6-11(13)14-8-15-12/h6,8-10,17H,2-5,7H2,1H3. The molecule has 2 atom stereocenters. The van der Waals surface area contributed by atoms with E-state index in [-0.39, 0.29) is 6.10 Å². The number of halogens is 1. The van der Waals surface area contributed by atoms with Gasteiger partial charge in [-0.15, -0.1) is 0 Å². The van der Waals surface area contributed by atoms with Crippen LogP contribution in [0.4, 0.5) is 5.82 Å². The first kappa shape index (κ1) is 12.6. The predicted molar refractivity (Wildman–Crippen MR) is 68.3 cm³/mol. The van der Waals surface area contributed by atoms with Crippen LogP contribution in [0.3, 0.4) is 0 Å². The molecular weight excluding hydrogens is 238 g/mol. The van der Waals surface area contributed by atoms with Crippen LogP contribution in [0, 0.1) is 5.92 Å². The van der Waals surface area contributed by atoms with Gasteiger partial charge in [0.15, 0.2) is 0 Å². The lowest BCUT2D eigenvalue weighted by Gasteiger charge is -2.36. The second kappa shape index (κ2) is 5.65. The summed E-state index contributed by atoms with van der Waals surface area (Å²) in [7, 11) is 0. The van der Waals surface area contributed by atoms with Crippen molar-refractivity contribution in [2.24, 2.45) is 5.92 Å². The average molecular weight is 256 g/mol. The van der Waals surface area contributed by atoms with Gasteiger partial charge in [-0.25, -0.2) is 9.97 Å². The highest BCUT2D eigenvalue weighted by Gasteiger charge is 2.27. The zero-order chi connectivity index (χ0) is 12.3. The van der Waals surface area contributed by atoms with Crippen LogP contribution in [0.5, 0.6) is 0 Å². The largest absolute Gasteiger partial charge is 0.393 e. The van der Waals surface area contributed by atoms with Gasteiger partial charge in [-0.1, -0.05) is 24.9 Å². The molecule has 2 heterocycles. The van der Waals surface area contributed by atoms with Gasteiger partial charge < -0.3 is 10.0 Å². The van der Waals surface area contributed by atoms with E-state index in [9.17, 15) is 5.11 Å². The van der Waals surface area contributed by atoms with Crippen LogP contribution in [-0.4, -0.2) is 34.3 Å². The summed E-state index contributed by atoms with van der Waals surface area (Å²) >= 11 is 5.86. The molecule has 0 bridgehead atoms. The Morgan fingerprint density at radius 2 is 2.35 bits per heavy atom. The molecule has 1 aromatic rings. The van der Waals surface area contributed by atoms with Crippen LogP contribution in [0.25, 0.3) is 0 Å². The molecule has 1 fully saturated rings. The van der Waals surface area contributed by atoms with Crippen LogP contribution in [-0.2, 0) is 0 Å². The second-order valence-corrected chi connectivity index (χ2v) is 4.94. The van der Waals surface area contributed by atoms with Gasteiger partial charge in [0.05, 0.1) is 6.10 Å². The minimum absolute atomic E-state index is 0.177. The van der Waals surface area contributed by atoms with Crippen LogP contribution < -0.4 is 4.90 Å². The molecule has 2 rings (SSSR count). The van der Waals surface area contributed by atoms with E-state index in [0.717, 1.165) is 38.2 Å². The first-order chi connectivity index (χ1) is 8.20. The second-order valence-electron chi connectivity index (χ2n) is 4.55. The summed E-state index contributed by atoms with van der Waals surface area (Å²) < 4.78 is 0. The number of aromatic nitrogens is 2. The number of anilines is 1. The van der Waals surface area contributed by atoms with Crippen molar-refractivity contribution in [3.63, 3.8) is 0 Å². The normalized spacial score (nSPS) is 25.0. The van der Waals surface area contributed by atoms with Gasteiger partial charge in [0.1, 0.15) is 17.3 Å². The molecule has 5 heteroatoms. The zero-order valence-corrected chi connectivity index (χ0v) is 10.8. The maximum atomic E-state index is 9.93. The highest BCUT2D eigenvalue weighted by Crippen LogP contribution is 2.25. The summed E-state index contributed by atoms with van der Waals surface area (Å²) in [6.07, 6.45) is 4.25. The molecule has 1 aliphatic rings. The Morgan fingerprint density at radius 3 is 3.06 bits per heavy atom. The fourth-order valence-corrected chi connectivity index (χ4v) is 2.52. The molecule has 0 aliphatic carbocycles. The number of hydrogen-bond acceptors (Lipinski definition) is 4. The van der Waals surface area contributed by atoms with Crippen molar-refractivity contribution in [2.75, 3.05) is 18.0 Å². The summed E-state index contributed by atoms with van der Waals surface area (Å²) in [6, 6.07) is 1.78. The number of piperidine rings is 1. The quantitative estimate of drug-likeness (QED) is 0.841. The summed E-state index contributed by atoms with van der Waals surface area (Å²) in [6.45, 7) is 3.82. The van der Waals surface area contributed by atoms with E-state index in [0.29, 0.717) is 11.1 Å². The molecule has 1 aliphatic heterocycles. The summed E-state index contributed by atoms with van der Waals surface area (Å²) in [4.78, 5) is 10.3. The van der Waals surface area contributed by atoms with E-state index >= 15 is 0 Å². The van der Waals surface area contributed by atoms with Gasteiger partial charge >= 0.3 is 0 Å². The van der Waals surface area contributed by atoms with Gasteiger partial charge in [0.25, 0.3) is 0 Å². The molecule has 0 radical (unpaired) electrons. The fraction of sp³-hybridized carbons (Fsp3) is 0.667. The highest BCUT2D eigenvalue weighted by molar-refractivity contribution is 6.29. The Balaban J connectivity index is 2.07. The molecule has 0 amide bonds. The van der Waals surface area contributed by atoms with Crippen molar-refractivity contribution in [1.82, 2.24) is 9.97 Å². The van der Waals surface area contributed by atoms with Crippen LogP contribution in [0.2, 0.25) is 5.15 Å². The molecule has 2 unspecified atom stereocenters. The number of nitrogens with zero attached hydrogens (tertiary/aromatic N) is 3. The average Bonchev–Trinajstić information content (AvgIpc) is 2.32. The SMILES string of the molecule is CCCC1CN(c2cc(Cl)ncn2)CCC1O. The minimum atomic E-state index is -0.177. The van der Waals surface area contributed by atoms with Gasteiger partial charge in [0.2, 0.25) is 0 Å². The summed E-state index contributed by atoms with van der Waals surface area (Å²) in [5.74, 6) is 1.19. The minimum Gasteiger partial charge on any atom is -0.393 e. The summed E-state index contributed by atoms with van der Waals surface area (Å²) in [5, 5.41) is 10.4. The van der Waals surface area contributed by atoms with Crippen molar-refractivity contribution in [3.8, 4) is 0 Å². The van der Waals surface area contributed by atoms with Crippen molar-refractivity contribution >= 4 is 17.4 Å². The molecule has 4 nitrogen and oxygen atoms in total. The summed E-state index contributed by atoms with van der Waals surface area (Å²) in [5.41, 5.74) is 0. The lowest BCUT2D eigenvalue weighted by molar-refractivity contribution is 0.0828. The first-order valence-electron chi connectivity index (χ1n) is 6.11. The number of hydrogen-bond donors (Lipinski definition) is 1. The maximum absolute atomic E-state index is 9.93. The van der Waals surface area contributed by atoms with E-state index in [4.69, 9.17) is 11.6 Å². The van der Waals surface area contributed by atoms with Crippen LogP contribution in [0.1, 0.15) is 26.2 Å². The fourth-order valence-electron chi connectivity index (χ4n) is 2.38. The molecule has 94 valence electrons. The zero-order valence-electron chi connectivity index (χ0n) is 10.0. The van der Waals surface area contributed by atoms with Crippen molar-refractivity contribution in [1.29, 1.82) is 0 Å². The molecule has 0 spiro atoms. The van der Waals surface area contributed by atoms with Crippen molar-refractivity contribution < 1.29 is 5.11 Å². The molecule has 1 saturated heterocycles. The van der Waals surface area contributed by atoms with Gasteiger partial charge in [-0.2, -0.15) is 0 Å². The predicted octanol–water partition coefficient (Wildman–Crippen LogP) is 2.12. The van der Waals surface area contributed by atoms with Gasteiger partial charge in [-0.05, 0) is 12.8 Å². The van der Waals surface area contributed by atoms with Crippen LogP contribution in [0.15, 0.2) is 12.4 Å².